The molecule has 5 nitrogen and oxygen atoms in total. The number of fused-ring (bicyclic) bond motifs is 1. The van der Waals surface area contributed by atoms with Crippen molar-refractivity contribution in [2.75, 3.05) is 11.9 Å². The Hall–Kier alpha value is -2.22. The standard InChI is InChI=1S/C14H18N4O/c1-5-7-15-11-10-18-9-8-16-12(18)13(17-11)19-14(3,4)6-2/h2,8-10,15H,5,7H2,1,3-4H3. The minimum Gasteiger partial charge on any atom is -0.456 e. The Morgan fingerprint density at radius 3 is 3.00 bits per heavy atom. The number of rotatable bonds is 5. The number of aromatic nitrogens is 3. The van der Waals surface area contributed by atoms with Crippen molar-refractivity contribution < 1.29 is 4.74 Å². The summed E-state index contributed by atoms with van der Waals surface area (Å²) in [7, 11) is 0. The van der Waals surface area contributed by atoms with E-state index in [1.165, 1.54) is 0 Å². The summed E-state index contributed by atoms with van der Waals surface area (Å²) in [6.07, 6.45) is 11.9. The van der Waals surface area contributed by atoms with Crippen LogP contribution in [0.5, 0.6) is 5.88 Å². The van der Waals surface area contributed by atoms with Crippen LogP contribution in [0.3, 0.4) is 0 Å². The van der Waals surface area contributed by atoms with Gasteiger partial charge in [-0.2, -0.15) is 4.98 Å². The Morgan fingerprint density at radius 1 is 1.53 bits per heavy atom. The largest absolute Gasteiger partial charge is 0.456 e. The first kappa shape index (κ1) is 13.2. The summed E-state index contributed by atoms with van der Waals surface area (Å²) in [6, 6.07) is 0. The van der Waals surface area contributed by atoms with Crippen molar-refractivity contribution in [2.45, 2.75) is 32.8 Å². The molecule has 0 aliphatic rings. The van der Waals surface area contributed by atoms with Gasteiger partial charge in [0.25, 0.3) is 5.88 Å². The van der Waals surface area contributed by atoms with Crippen molar-refractivity contribution in [3.8, 4) is 18.2 Å². The molecule has 100 valence electrons. The van der Waals surface area contributed by atoms with Crippen molar-refractivity contribution in [1.29, 1.82) is 0 Å². The number of ether oxygens (including phenoxy) is 1. The third-order valence-corrected chi connectivity index (χ3v) is 2.60. The van der Waals surface area contributed by atoms with E-state index >= 15 is 0 Å². The molecule has 0 atom stereocenters. The lowest BCUT2D eigenvalue weighted by Crippen LogP contribution is -2.26. The van der Waals surface area contributed by atoms with E-state index in [1.54, 1.807) is 6.20 Å². The summed E-state index contributed by atoms with van der Waals surface area (Å²) in [6.45, 7) is 6.59. The zero-order chi connectivity index (χ0) is 13.9. The Labute approximate surface area is 113 Å². The Kier molecular flexibility index (Phi) is 3.61. The Morgan fingerprint density at radius 2 is 2.32 bits per heavy atom. The molecule has 0 bridgehead atoms. The SMILES string of the molecule is C#CC(C)(C)Oc1nc(NCCC)cn2ccnc12. The van der Waals surface area contributed by atoms with Crippen LogP contribution in [-0.4, -0.2) is 26.5 Å². The van der Waals surface area contributed by atoms with Gasteiger partial charge in [0, 0.05) is 18.9 Å². The van der Waals surface area contributed by atoms with Crippen molar-refractivity contribution in [3.05, 3.63) is 18.6 Å². The minimum absolute atomic E-state index is 0.439. The van der Waals surface area contributed by atoms with Gasteiger partial charge in [0.2, 0.25) is 5.65 Å². The molecular weight excluding hydrogens is 240 g/mol. The molecule has 0 saturated carbocycles. The molecule has 0 aliphatic heterocycles. The van der Waals surface area contributed by atoms with Crippen LogP contribution in [-0.2, 0) is 0 Å². The first-order chi connectivity index (χ1) is 9.05. The average Bonchev–Trinajstić information content (AvgIpc) is 2.84. The zero-order valence-electron chi connectivity index (χ0n) is 11.5. The molecule has 0 aromatic carbocycles. The summed E-state index contributed by atoms with van der Waals surface area (Å²) in [5.74, 6) is 3.77. The molecular formula is C14H18N4O. The van der Waals surface area contributed by atoms with Crippen molar-refractivity contribution in [1.82, 2.24) is 14.4 Å². The van der Waals surface area contributed by atoms with Crippen LogP contribution in [0, 0.1) is 12.3 Å². The highest BCUT2D eigenvalue weighted by molar-refractivity contribution is 5.54. The van der Waals surface area contributed by atoms with Gasteiger partial charge in [-0.3, -0.25) is 4.40 Å². The molecule has 0 aliphatic carbocycles. The van der Waals surface area contributed by atoms with E-state index in [4.69, 9.17) is 11.2 Å². The number of hydrogen-bond acceptors (Lipinski definition) is 4. The summed E-state index contributed by atoms with van der Waals surface area (Å²) < 4.78 is 7.64. The van der Waals surface area contributed by atoms with Crippen LogP contribution in [0.1, 0.15) is 27.2 Å². The molecule has 0 fully saturated rings. The first-order valence-electron chi connectivity index (χ1n) is 6.30. The van der Waals surface area contributed by atoms with Gasteiger partial charge in [-0.1, -0.05) is 12.8 Å². The number of anilines is 1. The second kappa shape index (κ2) is 5.19. The van der Waals surface area contributed by atoms with Crippen molar-refractivity contribution >= 4 is 11.5 Å². The number of hydrogen-bond donors (Lipinski definition) is 1. The maximum absolute atomic E-state index is 5.77. The lowest BCUT2D eigenvalue weighted by atomic mass is 10.1. The quantitative estimate of drug-likeness (QED) is 0.836. The fourth-order valence-corrected chi connectivity index (χ4v) is 1.58. The molecule has 0 saturated heterocycles. The van der Waals surface area contributed by atoms with Gasteiger partial charge in [0.05, 0.1) is 6.20 Å². The molecule has 5 heteroatoms. The molecule has 2 aromatic rings. The van der Waals surface area contributed by atoms with Crippen LogP contribution in [0.25, 0.3) is 5.65 Å². The van der Waals surface area contributed by atoms with Gasteiger partial charge in [0.15, 0.2) is 5.60 Å². The number of imidazole rings is 1. The van der Waals surface area contributed by atoms with E-state index in [2.05, 4.69) is 28.1 Å². The van der Waals surface area contributed by atoms with Gasteiger partial charge in [-0.25, -0.2) is 4.98 Å². The predicted molar refractivity (Wildman–Crippen MR) is 75.3 cm³/mol. The molecule has 2 aromatic heterocycles. The minimum atomic E-state index is -0.719. The highest BCUT2D eigenvalue weighted by Crippen LogP contribution is 2.22. The first-order valence-corrected chi connectivity index (χ1v) is 6.30. The van der Waals surface area contributed by atoms with E-state index in [9.17, 15) is 0 Å². The number of nitrogens with zero attached hydrogens (tertiary/aromatic N) is 3. The topological polar surface area (TPSA) is 51.5 Å². The van der Waals surface area contributed by atoms with Gasteiger partial charge in [0.1, 0.15) is 5.82 Å². The smallest absolute Gasteiger partial charge is 0.261 e. The third-order valence-electron chi connectivity index (χ3n) is 2.60. The summed E-state index contributed by atoms with van der Waals surface area (Å²) in [5.41, 5.74) is -0.0617. The van der Waals surface area contributed by atoms with Crippen molar-refractivity contribution in [2.24, 2.45) is 0 Å². The lowest BCUT2D eigenvalue weighted by Gasteiger charge is -2.20. The van der Waals surface area contributed by atoms with Crippen LogP contribution in [0.4, 0.5) is 5.82 Å². The monoisotopic (exact) mass is 258 g/mol. The molecule has 19 heavy (non-hydrogen) atoms. The van der Waals surface area contributed by atoms with E-state index in [-0.39, 0.29) is 0 Å². The molecule has 2 heterocycles. The number of terminal acetylenes is 1. The summed E-state index contributed by atoms with van der Waals surface area (Å²) >= 11 is 0. The van der Waals surface area contributed by atoms with Crippen LogP contribution >= 0.6 is 0 Å². The van der Waals surface area contributed by atoms with E-state index in [0.29, 0.717) is 11.5 Å². The molecule has 2 rings (SSSR count). The number of nitrogens with one attached hydrogen (secondary N) is 1. The highest BCUT2D eigenvalue weighted by Gasteiger charge is 2.19. The summed E-state index contributed by atoms with van der Waals surface area (Å²) in [4.78, 5) is 8.67. The lowest BCUT2D eigenvalue weighted by molar-refractivity contribution is 0.166. The van der Waals surface area contributed by atoms with Crippen molar-refractivity contribution in [3.63, 3.8) is 0 Å². The normalized spacial score (nSPS) is 11.3. The third kappa shape index (κ3) is 2.97. The second-order valence-corrected chi connectivity index (χ2v) is 4.77. The second-order valence-electron chi connectivity index (χ2n) is 4.77. The van der Waals surface area contributed by atoms with E-state index < -0.39 is 5.60 Å². The average molecular weight is 258 g/mol. The zero-order valence-corrected chi connectivity index (χ0v) is 11.5. The maximum atomic E-state index is 5.77. The highest BCUT2D eigenvalue weighted by atomic mass is 16.5. The molecule has 0 spiro atoms. The van der Waals surface area contributed by atoms with Gasteiger partial charge in [-0.05, 0) is 20.3 Å². The van der Waals surface area contributed by atoms with Crippen LogP contribution < -0.4 is 10.1 Å². The van der Waals surface area contributed by atoms with E-state index in [1.807, 2.05) is 30.6 Å². The van der Waals surface area contributed by atoms with Gasteiger partial charge < -0.3 is 10.1 Å². The fraction of sp³-hybridized carbons (Fsp3) is 0.429. The molecule has 0 radical (unpaired) electrons. The van der Waals surface area contributed by atoms with E-state index in [0.717, 1.165) is 18.8 Å². The predicted octanol–water partition coefficient (Wildman–Crippen LogP) is 2.34. The molecule has 1 N–H and O–H groups in total. The van der Waals surface area contributed by atoms with Gasteiger partial charge >= 0.3 is 0 Å². The fourth-order valence-electron chi connectivity index (χ4n) is 1.58. The maximum Gasteiger partial charge on any atom is 0.261 e. The van der Waals surface area contributed by atoms with Crippen LogP contribution in [0.15, 0.2) is 18.6 Å². The molecule has 0 amide bonds. The molecule has 0 unspecified atom stereocenters. The Balaban J connectivity index is 2.40. The van der Waals surface area contributed by atoms with Crippen LogP contribution in [0.2, 0.25) is 0 Å². The Bertz CT molecular complexity index is 609. The van der Waals surface area contributed by atoms with Gasteiger partial charge in [-0.15, -0.1) is 6.42 Å². The summed E-state index contributed by atoms with van der Waals surface area (Å²) in [5, 5.41) is 3.23.